The Morgan fingerprint density at radius 2 is 2.10 bits per heavy atom. The maximum absolute atomic E-state index is 12.7. The van der Waals surface area contributed by atoms with E-state index in [9.17, 15) is 14.4 Å². The van der Waals surface area contributed by atoms with E-state index in [4.69, 9.17) is 4.74 Å². The van der Waals surface area contributed by atoms with E-state index in [0.717, 1.165) is 4.47 Å². The number of carbonyl (C=O) groups is 3. The third kappa shape index (κ3) is 2.65. The Bertz CT molecular complexity index is 631. The van der Waals surface area contributed by atoms with Crippen LogP contribution in [-0.4, -0.2) is 41.8 Å². The van der Waals surface area contributed by atoms with Gasteiger partial charge in [-0.3, -0.25) is 19.7 Å². The fourth-order valence-electron chi connectivity index (χ4n) is 2.58. The normalized spacial score (nSPS) is 22.2. The summed E-state index contributed by atoms with van der Waals surface area (Å²) in [5, 5.41) is 2.28. The van der Waals surface area contributed by atoms with Crippen LogP contribution in [0, 0.1) is 0 Å². The molecule has 2 aliphatic heterocycles. The highest BCUT2D eigenvalue weighted by Crippen LogP contribution is 2.28. The molecule has 0 radical (unpaired) electrons. The lowest BCUT2D eigenvalue weighted by atomic mass is 10.0. The monoisotopic (exact) mass is 352 g/mol. The second-order valence-corrected chi connectivity index (χ2v) is 5.87. The van der Waals surface area contributed by atoms with Crippen molar-refractivity contribution in [3.05, 3.63) is 28.2 Å². The van der Waals surface area contributed by atoms with Gasteiger partial charge in [0.1, 0.15) is 18.4 Å². The SMILES string of the molecule is O=C1CCC(N2CCOc3ccc(Br)cc3C2=O)C(=O)N1. The van der Waals surface area contributed by atoms with Crippen molar-refractivity contribution in [2.75, 3.05) is 13.2 Å². The molecule has 1 unspecified atom stereocenters. The van der Waals surface area contributed by atoms with Crippen molar-refractivity contribution < 1.29 is 19.1 Å². The molecule has 1 fully saturated rings. The molecule has 0 aromatic heterocycles. The molecule has 2 heterocycles. The van der Waals surface area contributed by atoms with Gasteiger partial charge in [-0.2, -0.15) is 0 Å². The van der Waals surface area contributed by atoms with E-state index in [-0.39, 0.29) is 18.2 Å². The minimum absolute atomic E-state index is 0.242. The number of fused-ring (bicyclic) bond motifs is 1. The standard InChI is InChI=1S/C14H13BrN2O4/c15-8-1-3-11-9(7-8)14(20)17(5-6-21-11)10-2-4-12(18)16-13(10)19/h1,3,7,10H,2,4-6H2,(H,16,18,19). The van der Waals surface area contributed by atoms with Gasteiger partial charge in [-0.05, 0) is 24.6 Å². The van der Waals surface area contributed by atoms with Crippen LogP contribution in [0.15, 0.2) is 22.7 Å². The van der Waals surface area contributed by atoms with Gasteiger partial charge in [0, 0.05) is 10.9 Å². The second kappa shape index (κ2) is 5.48. The predicted octanol–water partition coefficient (Wildman–Crippen LogP) is 1.09. The summed E-state index contributed by atoms with van der Waals surface area (Å²) in [6.07, 6.45) is 0.589. The first-order valence-electron chi connectivity index (χ1n) is 6.63. The largest absolute Gasteiger partial charge is 0.491 e. The zero-order chi connectivity index (χ0) is 15.0. The molecule has 21 heavy (non-hydrogen) atoms. The van der Waals surface area contributed by atoms with E-state index in [0.29, 0.717) is 30.9 Å². The Kier molecular flexibility index (Phi) is 3.67. The summed E-state index contributed by atoms with van der Waals surface area (Å²) >= 11 is 3.33. The Morgan fingerprint density at radius 3 is 2.86 bits per heavy atom. The van der Waals surface area contributed by atoms with Crippen LogP contribution in [0.4, 0.5) is 0 Å². The maximum atomic E-state index is 12.7. The molecular formula is C14H13BrN2O4. The van der Waals surface area contributed by atoms with Crippen LogP contribution in [0.2, 0.25) is 0 Å². The first-order valence-corrected chi connectivity index (χ1v) is 7.42. The third-order valence-electron chi connectivity index (χ3n) is 3.61. The van der Waals surface area contributed by atoms with Gasteiger partial charge in [0.15, 0.2) is 0 Å². The van der Waals surface area contributed by atoms with Crippen LogP contribution in [0.3, 0.4) is 0 Å². The molecule has 0 aliphatic carbocycles. The lowest BCUT2D eigenvalue weighted by molar-refractivity contribution is -0.136. The van der Waals surface area contributed by atoms with Gasteiger partial charge in [0.2, 0.25) is 11.8 Å². The van der Waals surface area contributed by atoms with E-state index in [1.54, 1.807) is 18.2 Å². The predicted molar refractivity (Wildman–Crippen MR) is 76.8 cm³/mol. The fraction of sp³-hybridized carbons (Fsp3) is 0.357. The molecule has 1 saturated heterocycles. The van der Waals surface area contributed by atoms with Crippen LogP contribution < -0.4 is 10.1 Å². The molecule has 110 valence electrons. The smallest absolute Gasteiger partial charge is 0.258 e. The molecule has 3 amide bonds. The Balaban J connectivity index is 1.92. The number of imide groups is 1. The van der Waals surface area contributed by atoms with Crippen LogP contribution in [-0.2, 0) is 9.59 Å². The number of amides is 3. The average molecular weight is 353 g/mol. The van der Waals surface area contributed by atoms with Crippen LogP contribution >= 0.6 is 15.9 Å². The Morgan fingerprint density at radius 1 is 1.29 bits per heavy atom. The van der Waals surface area contributed by atoms with Gasteiger partial charge in [0.25, 0.3) is 5.91 Å². The van der Waals surface area contributed by atoms with Crippen molar-refractivity contribution in [3.8, 4) is 5.75 Å². The number of ether oxygens (including phenoxy) is 1. The average Bonchev–Trinajstić information content (AvgIpc) is 2.59. The van der Waals surface area contributed by atoms with Crippen molar-refractivity contribution in [2.24, 2.45) is 0 Å². The van der Waals surface area contributed by atoms with Gasteiger partial charge < -0.3 is 9.64 Å². The third-order valence-corrected chi connectivity index (χ3v) is 4.10. The number of carbonyl (C=O) groups excluding carboxylic acids is 3. The fourth-order valence-corrected chi connectivity index (χ4v) is 2.94. The van der Waals surface area contributed by atoms with E-state index in [1.165, 1.54) is 4.90 Å². The van der Waals surface area contributed by atoms with E-state index < -0.39 is 11.9 Å². The summed E-state index contributed by atoms with van der Waals surface area (Å²) < 4.78 is 6.34. The van der Waals surface area contributed by atoms with Crippen molar-refractivity contribution in [1.82, 2.24) is 10.2 Å². The minimum Gasteiger partial charge on any atom is -0.491 e. The molecule has 0 bridgehead atoms. The number of halogens is 1. The second-order valence-electron chi connectivity index (χ2n) is 4.95. The van der Waals surface area contributed by atoms with E-state index in [2.05, 4.69) is 21.2 Å². The molecule has 7 heteroatoms. The van der Waals surface area contributed by atoms with E-state index in [1.807, 2.05) is 0 Å². The summed E-state index contributed by atoms with van der Waals surface area (Å²) in [4.78, 5) is 37.4. The van der Waals surface area contributed by atoms with Crippen molar-refractivity contribution >= 4 is 33.7 Å². The molecule has 0 spiro atoms. The highest BCUT2D eigenvalue weighted by Gasteiger charge is 2.36. The minimum atomic E-state index is -0.622. The van der Waals surface area contributed by atoms with Crippen LogP contribution in [0.25, 0.3) is 0 Å². The van der Waals surface area contributed by atoms with Gasteiger partial charge in [-0.1, -0.05) is 15.9 Å². The van der Waals surface area contributed by atoms with Crippen molar-refractivity contribution in [3.63, 3.8) is 0 Å². The summed E-state index contributed by atoms with van der Waals surface area (Å²) in [6.45, 7) is 0.634. The van der Waals surface area contributed by atoms with E-state index >= 15 is 0 Å². The molecule has 3 rings (SSSR count). The first kappa shape index (κ1) is 14.1. The van der Waals surface area contributed by atoms with Crippen molar-refractivity contribution in [2.45, 2.75) is 18.9 Å². The highest BCUT2D eigenvalue weighted by molar-refractivity contribution is 9.10. The quantitative estimate of drug-likeness (QED) is 0.767. The molecule has 1 N–H and O–H groups in total. The number of rotatable bonds is 1. The molecule has 6 nitrogen and oxygen atoms in total. The summed E-state index contributed by atoms with van der Waals surface area (Å²) in [5.41, 5.74) is 0.423. The van der Waals surface area contributed by atoms with Gasteiger partial charge in [-0.25, -0.2) is 0 Å². The van der Waals surface area contributed by atoms with Gasteiger partial charge in [-0.15, -0.1) is 0 Å². The molecule has 1 atom stereocenters. The summed E-state index contributed by atoms with van der Waals surface area (Å²) in [5.74, 6) is -0.452. The Labute approximate surface area is 129 Å². The first-order chi connectivity index (χ1) is 10.1. The summed E-state index contributed by atoms with van der Waals surface area (Å²) in [7, 11) is 0. The number of nitrogens with one attached hydrogen (secondary N) is 1. The van der Waals surface area contributed by atoms with Gasteiger partial charge in [0.05, 0.1) is 12.1 Å². The topological polar surface area (TPSA) is 75.7 Å². The number of nitrogens with zero attached hydrogens (tertiary/aromatic N) is 1. The highest BCUT2D eigenvalue weighted by atomic mass is 79.9. The molecule has 0 saturated carbocycles. The molecular weight excluding hydrogens is 340 g/mol. The van der Waals surface area contributed by atoms with Crippen LogP contribution in [0.5, 0.6) is 5.75 Å². The number of benzene rings is 1. The lowest BCUT2D eigenvalue weighted by Crippen LogP contribution is -2.54. The number of piperidine rings is 1. The zero-order valence-corrected chi connectivity index (χ0v) is 12.7. The molecule has 2 aliphatic rings. The van der Waals surface area contributed by atoms with Gasteiger partial charge >= 0.3 is 0 Å². The van der Waals surface area contributed by atoms with Crippen molar-refractivity contribution in [1.29, 1.82) is 0 Å². The number of hydrogen-bond donors (Lipinski definition) is 1. The maximum Gasteiger partial charge on any atom is 0.258 e. The zero-order valence-electron chi connectivity index (χ0n) is 11.1. The van der Waals surface area contributed by atoms with Crippen LogP contribution in [0.1, 0.15) is 23.2 Å². The lowest BCUT2D eigenvalue weighted by Gasteiger charge is -2.31. The number of hydrogen-bond acceptors (Lipinski definition) is 4. The molecule has 1 aromatic rings. The Hall–Kier alpha value is -1.89. The molecule has 1 aromatic carbocycles. The summed E-state index contributed by atoms with van der Waals surface area (Å²) in [6, 6.07) is 4.59.